The molecule has 0 aromatic heterocycles. The quantitative estimate of drug-likeness (QED) is 0.920. The molecule has 0 radical (unpaired) electrons. The van der Waals surface area contributed by atoms with E-state index in [-0.39, 0.29) is 17.9 Å². The number of carbonyl (C=O) groups is 2. The second-order valence-electron chi connectivity index (χ2n) is 6.67. The number of benzene rings is 2. The normalized spacial score (nSPS) is 19.8. The zero-order chi connectivity index (χ0) is 16.7. The summed E-state index contributed by atoms with van der Waals surface area (Å²) in [5.74, 6) is -0.0978. The number of nitrogens with one attached hydrogen (secondary N) is 1. The van der Waals surface area contributed by atoms with Crippen LogP contribution in [-0.4, -0.2) is 29.8 Å². The first kappa shape index (κ1) is 14.9. The topological polar surface area (TPSA) is 49.4 Å². The molecule has 1 heterocycles. The Kier molecular flexibility index (Phi) is 3.60. The van der Waals surface area contributed by atoms with Gasteiger partial charge in [0.1, 0.15) is 6.04 Å². The summed E-state index contributed by atoms with van der Waals surface area (Å²) >= 11 is 0. The lowest BCUT2D eigenvalue weighted by Gasteiger charge is -2.34. The van der Waals surface area contributed by atoms with Crippen molar-refractivity contribution in [3.8, 4) is 0 Å². The first-order valence-electron chi connectivity index (χ1n) is 8.34. The average Bonchev–Trinajstić information content (AvgIpc) is 2.98. The third-order valence-corrected chi connectivity index (χ3v) is 5.12. The summed E-state index contributed by atoms with van der Waals surface area (Å²) in [6, 6.07) is 15.6. The van der Waals surface area contributed by atoms with Gasteiger partial charge in [0.15, 0.2) is 0 Å². The molecule has 2 amide bonds. The Morgan fingerprint density at radius 3 is 2.25 bits per heavy atom. The van der Waals surface area contributed by atoms with Crippen molar-refractivity contribution < 1.29 is 9.59 Å². The van der Waals surface area contributed by atoms with Gasteiger partial charge in [-0.05, 0) is 35.1 Å². The van der Waals surface area contributed by atoms with Gasteiger partial charge in [-0.25, -0.2) is 0 Å². The minimum Gasteiger partial charge on any atom is -0.351 e. The second-order valence-corrected chi connectivity index (χ2v) is 6.67. The molecule has 2 aromatic rings. The van der Waals surface area contributed by atoms with Crippen LogP contribution in [0, 0.1) is 0 Å². The standard InChI is InChI=1S/C20H20N2O2/c1-22-18(23)12-15-8-4-5-9-17(15)19(22)20(24)21-16-10-13-6-2-3-7-14(13)11-16/h2-9,16,19H,10-12H2,1H3,(H,21,24). The summed E-state index contributed by atoms with van der Waals surface area (Å²) in [7, 11) is 1.71. The minimum atomic E-state index is -0.536. The molecule has 1 aliphatic carbocycles. The molecule has 0 saturated carbocycles. The monoisotopic (exact) mass is 320 g/mol. The van der Waals surface area contributed by atoms with Crippen LogP contribution in [0.4, 0.5) is 0 Å². The number of nitrogens with zero attached hydrogens (tertiary/aromatic N) is 1. The van der Waals surface area contributed by atoms with Gasteiger partial charge in [0, 0.05) is 13.1 Å². The summed E-state index contributed by atoms with van der Waals surface area (Å²) in [4.78, 5) is 26.7. The summed E-state index contributed by atoms with van der Waals surface area (Å²) in [6.07, 6.45) is 2.08. The molecular formula is C20H20N2O2. The van der Waals surface area contributed by atoms with Gasteiger partial charge in [0.2, 0.25) is 11.8 Å². The van der Waals surface area contributed by atoms with Gasteiger partial charge in [0.25, 0.3) is 0 Å². The van der Waals surface area contributed by atoms with Crippen molar-refractivity contribution in [2.75, 3.05) is 7.05 Å². The molecule has 1 unspecified atom stereocenters. The fourth-order valence-electron chi connectivity index (χ4n) is 3.86. The fraction of sp³-hybridized carbons (Fsp3) is 0.300. The number of fused-ring (bicyclic) bond motifs is 2. The Hall–Kier alpha value is -2.62. The molecule has 1 aliphatic heterocycles. The summed E-state index contributed by atoms with van der Waals surface area (Å²) in [5.41, 5.74) is 4.50. The maximum Gasteiger partial charge on any atom is 0.247 e. The Labute approximate surface area is 141 Å². The van der Waals surface area contributed by atoms with Gasteiger partial charge >= 0.3 is 0 Å². The van der Waals surface area contributed by atoms with Crippen LogP contribution in [0.15, 0.2) is 48.5 Å². The van der Waals surface area contributed by atoms with Crippen LogP contribution in [0.25, 0.3) is 0 Å². The van der Waals surface area contributed by atoms with Gasteiger partial charge in [-0.1, -0.05) is 48.5 Å². The van der Waals surface area contributed by atoms with E-state index < -0.39 is 6.04 Å². The molecule has 1 atom stereocenters. The van der Waals surface area contributed by atoms with Crippen LogP contribution in [-0.2, 0) is 28.9 Å². The molecule has 0 fully saturated rings. The van der Waals surface area contributed by atoms with Crippen molar-refractivity contribution in [1.29, 1.82) is 0 Å². The predicted octanol–water partition coefficient (Wildman–Crippen LogP) is 2.03. The highest BCUT2D eigenvalue weighted by Crippen LogP contribution is 2.30. The lowest BCUT2D eigenvalue weighted by Crippen LogP contribution is -2.48. The van der Waals surface area contributed by atoms with E-state index >= 15 is 0 Å². The van der Waals surface area contributed by atoms with Crippen LogP contribution in [0.2, 0.25) is 0 Å². The highest BCUT2D eigenvalue weighted by atomic mass is 16.2. The van der Waals surface area contributed by atoms with E-state index in [9.17, 15) is 9.59 Å². The highest BCUT2D eigenvalue weighted by molar-refractivity contribution is 5.92. The first-order chi connectivity index (χ1) is 11.6. The van der Waals surface area contributed by atoms with Crippen LogP contribution in [0.5, 0.6) is 0 Å². The smallest absolute Gasteiger partial charge is 0.247 e. The van der Waals surface area contributed by atoms with Crippen molar-refractivity contribution in [1.82, 2.24) is 10.2 Å². The Morgan fingerprint density at radius 1 is 1.00 bits per heavy atom. The van der Waals surface area contributed by atoms with Gasteiger partial charge in [0.05, 0.1) is 6.42 Å². The van der Waals surface area contributed by atoms with Gasteiger partial charge in [-0.3, -0.25) is 9.59 Å². The molecule has 0 bridgehead atoms. The van der Waals surface area contributed by atoms with E-state index in [1.807, 2.05) is 36.4 Å². The first-order valence-corrected chi connectivity index (χ1v) is 8.34. The van der Waals surface area contributed by atoms with Crippen molar-refractivity contribution >= 4 is 11.8 Å². The summed E-state index contributed by atoms with van der Waals surface area (Å²) < 4.78 is 0. The van der Waals surface area contributed by atoms with Crippen LogP contribution in [0.3, 0.4) is 0 Å². The molecule has 4 heteroatoms. The largest absolute Gasteiger partial charge is 0.351 e. The zero-order valence-electron chi connectivity index (χ0n) is 13.7. The molecule has 4 nitrogen and oxygen atoms in total. The average molecular weight is 320 g/mol. The predicted molar refractivity (Wildman–Crippen MR) is 91.4 cm³/mol. The third-order valence-electron chi connectivity index (χ3n) is 5.12. The molecule has 4 rings (SSSR count). The molecule has 0 saturated heterocycles. The van der Waals surface area contributed by atoms with Gasteiger partial charge < -0.3 is 10.2 Å². The van der Waals surface area contributed by atoms with E-state index in [0.717, 1.165) is 24.0 Å². The molecule has 122 valence electrons. The van der Waals surface area contributed by atoms with Crippen molar-refractivity contribution in [2.24, 2.45) is 0 Å². The van der Waals surface area contributed by atoms with Crippen molar-refractivity contribution in [3.63, 3.8) is 0 Å². The maximum absolute atomic E-state index is 12.9. The van der Waals surface area contributed by atoms with E-state index in [1.54, 1.807) is 11.9 Å². The zero-order valence-corrected chi connectivity index (χ0v) is 13.7. The van der Waals surface area contributed by atoms with Crippen molar-refractivity contribution in [3.05, 3.63) is 70.8 Å². The number of hydrogen-bond acceptors (Lipinski definition) is 2. The lowest BCUT2D eigenvalue weighted by atomic mass is 9.92. The fourth-order valence-corrected chi connectivity index (χ4v) is 3.86. The van der Waals surface area contributed by atoms with E-state index in [0.29, 0.717) is 6.42 Å². The van der Waals surface area contributed by atoms with Gasteiger partial charge in [-0.15, -0.1) is 0 Å². The molecule has 0 spiro atoms. The molecule has 24 heavy (non-hydrogen) atoms. The maximum atomic E-state index is 12.9. The van der Waals surface area contributed by atoms with Gasteiger partial charge in [-0.2, -0.15) is 0 Å². The van der Waals surface area contributed by atoms with E-state index in [2.05, 4.69) is 17.4 Å². The molecule has 1 N–H and O–H groups in total. The molecule has 2 aromatic carbocycles. The Bertz CT molecular complexity index is 790. The Morgan fingerprint density at radius 2 is 1.58 bits per heavy atom. The minimum absolute atomic E-state index is 0.0106. The van der Waals surface area contributed by atoms with Crippen LogP contribution < -0.4 is 5.32 Å². The Balaban J connectivity index is 1.55. The number of rotatable bonds is 2. The summed E-state index contributed by atoms with van der Waals surface area (Å²) in [6.45, 7) is 0. The summed E-state index contributed by atoms with van der Waals surface area (Å²) in [5, 5.41) is 3.15. The van der Waals surface area contributed by atoms with Crippen LogP contribution in [0.1, 0.15) is 28.3 Å². The SMILES string of the molecule is CN1C(=O)Cc2ccccc2C1C(=O)NC1Cc2ccccc2C1. The van der Waals surface area contributed by atoms with E-state index in [4.69, 9.17) is 0 Å². The number of likely N-dealkylation sites (N-methyl/N-ethyl adjacent to an activating group) is 1. The van der Waals surface area contributed by atoms with Crippen LogP contribution >= 0.6 is 0 Å². The highest BCUT2D eigenvalue weighted by Gasteiger charge is 2.36. The number of hydrogen-bond donors (Lipinski definition) is 1. The van der Waals surface area contributed by atoms with Crippen molar-refractivity contribution in [2.45, 2.75) is 31.3 Å². The number of amides is 2. The number of carbonyl (C=O) groups excluding carboxylic acids is 2. The van der Waals surface area contributed by atoms with E-state index in [1.165, 1.54) is 11.1 Å². The molecular weight excluding hydrogens is 300 g/mol. The molecule has 2 aliphatic rings. The third kappa shape index (κ3) is 2.48. The lowest BCUT2D eigenvalue weighted by molar-refractivity contribution is -0.140. The second kappa shape index (κ2) is 5.78.